The second-order valence-electron chi connectivity index (χ2n) is 2.24. The van der Waals surface area contributed by atoms with Crippen molar-refractivity contribution >= 4 is 0 Å². The summed E-state index contributed by atoms with van der Waals surface area (Å²) in [6.07, 6.45) is 0.834. The van der Waals surface area contributed by atoms with Crippen LogP contribution < -0.4 is 0 Å². The lowest BCUT2D eigenvalue weighted by atomic mass is 10.2. The fraction of sp³-hybridized carbons (Fsp3) is 0.833. The normalized spacial score (nSPS) is 29.2. The van der Waals surface area contributed by atoms with Crippen molar-refractivity contribution in [2.75, 3.05) is 0 Å². The minimum Gasteiger partial charge on any atom is -0.368 e. The molecule has 1 aliphatic rings. The maximum Gasteiger partial charge on any atom is 0.154 e. The zero-order valence-corrected chi connectivity index (χ0v) is 4.96. The van der Waals surface area contributed by atoms with Gasteiger partial charge in [0.1, 0.15) is 0 Å². The summed E-state index contributed by atoms with van der Waals surface area (Å²) in [7, 11) is 0. The molecule has 0 heterocycles. The Kier molecular flexibility index (Phi) is 1.54. The van der Waals surface area contributed by atoms with E-state index in [4.69, 9.17) is 10.2 Å². The van der Waals surface area contributed by atoms with E-state index in [0.717, 1.165) is 12.8 Å². The third-order valence-electron chi connectivity index (χ3n) is 1.66. The van der Waals surface area contributed by atoms with Crippen LogP contribution in [-0.2, 0) is 0 Å². The van der Waals surface area contributed by atoms with Gasteiger partial charge in [-0.2, -0.15) is 0 Å². The van der Waals surface area contributed by atoms with E-state index >= 15 is 0 Å². The highest BCUT2D eigenvalue weighted by atomic mass is 16.5. The first-order valence-corrected chi connectivity index (χ1v) is 2.96. The molecule has 0 aromatic rings. The van der Waals surface area contributed by atoms with Gasteiger partial charge in [-0.25, -0.2) is 0 Å². The summed E-state index contributed by atoms with van der Waals surface area (Å²) >= 11 is 0. The fourth-order valence-electron chi connectivity index (χ4n) is 0.946. The topological polar surface area (TPSA) is 40.5 Å². The molecule has 1 fully saturated rings. The molecule has 1 rings (SSSR count). The van der Waals surface area contributed by atoms with Gasteiger partial charge in [0.05, 0.1) is 0 Å². The van der Waals surface area contributed by atoms with Crippen molar-refractivity contribution in [2.45, 2.75) is 26.1 Å². The third-order valence-corrected chi connectivity index (χ3v) is 1.66. The van der Waals surface area contributed by atoms with Crippen LogP contribution in [0.4, 0.5) is 0 Å². The van der Waals surface area contributed by atoms with Crippen LogP contribution in [0, 0.1) is 11.8 Å². The fourth-order valence-corrected chi connectivity index (χ4v) is 0.946. The van der Waals surface area contributed by atoms with Crippen LogP contribution in [0.3, 0.4) is 0 Å². The number of hydrogen-bond donors (Lipinski definition) is 2. The molecule has 1 radical (unpaired) electrons. The monoisotopic (exact) mass is 115 g/mol. The van der Waals surface area contributed by atoms with Gasteiger partial charge in [-0.1, -0.05) is 6.92 Å². The summed E-state index contributed by atoms with van der Waals surface area (Å²) in [4.78, 5) is 0. The maximum absolute atomic E-state index is 8.53. The maximum atomic E-state index is 8.53. The number of aliphatic hydroxyl groups excluding tert-OH is 1. The first kappa shape index (κ1) is 6.05. The van der Waals surface area contributed by atoms with E-state index in [2.05, 4.69) is 0 Å². The predicted octanol–water partition coefficient (Wildman–Crippen LogP) is 0.301. The zero-order valence-electron chi connectivity index (χ0n) is 4.96. The van der Waals surface area contributed by atoms with Crippen LogP contribution in [0.15, 0.2) is 0 Å². The molecule has 2 nitrogen and oxygen atoms in total. The van der Waals surface area contributed by atoms with Crippen molar-refractivity contribution in [3.8, 4) is 0 Å². The highest BCUT2D eigenvalue weighted by Gasteiger charge is 2.40. The Morgan fingerprint density at radius 3 is 2.50 bits per heavy atom. The van der Waals surface area contributed by atoms with Gasteiger partial charge in [-0.05, 0) is 18.8 Å². The van der Waals surface area contributed by atoms with Gasteiger partial charge in [0.25, 0.3) is 0 Å². The molecular formula is C6H11O2. The lowest BCUT2D eigenvalue weighted by Crippen LogP contribution is -2.07. The molecule has 1 saturated carbocycles. The molecule has 2 N–H and O–H groups in total. The summed E-state index contributed by atoms with van der Waals surface area (Å²) in [5, 5.41) is 17.1. The Balaban J connectivity index is 2.16. The van der Waals surface area contributed by atoms with E-state index in [1.165, 1.54) is 5.92 Å². The van der Waals surface area contributed by atoms with Gasteiger partial charge in [0.2, 0.25) is 0 Å². The quantitative estimate of drug-likeness (QED) is 0.508. The van der Waals surface area contributed by atoms with Crippen LogP contribution in [0.1, 0.15) is 19.8 Å². The molecule has 0 saturated heterocycles. The van der Waals surface area contributed by atoms with Gasteiger partial charge in [0, 0.05) is 5.92 Å². The lowest BCUT2D eigenvalue weighted by Gasteiger charge is -1.97. The molecule has 0 aliphatic heterocycles. The van der Waals surface area contributed by atoms with E-state index in [-0.39, 0.29) is 5.92 Å². The van der Waals surface area contributed by atoms with Gasteiger partial charge >= 0.3 is 0 Å². The van der Waals surface area contributed by atoms with E-state index in [0.29, 0.717) is 0 Å². The standard InChI is InChI=1S/C6H11O2/c1-2-4-3-5(4)6(7)8/h5-8H,2-3H2,1H3. The molecular weight excluding hydrogens is 104 g/mol. The number of aliphatic hydroxyl groups is 2. The third kappa shape index (κ3) is 1.01. The van der Waals surface area contributed by atoms with Gasteiger partial charge < -0.3 is 10.2 Å². The average Bonchev–Trinajstić information content (AvgIpc) is 2.42. The van der Waals surface area contributed by atoms with Crippen LogP contribution >= 0.6 is 0 Å². The molecule has 0 amide bonds. The summed E-state index contributed by atoms with van der Waals surface area (Å²) in [5.74, 6) is 1.40. The Morgan fingerprint density at radius 1 is 1.75 bits per heavy atom. The molecule has 0 spiro atoms. The summed E-state index contributed by atoms with van der Waals surface area (Å²) in [5.41, 5.74) is 0. The largest absolute Gasteiger partial charge is 0.368 e. The van der Waals surface area contributed by atoms with E-state index in [1.807, 2.05) is 6.92 Å². The minimum absolute atomic E-state index is 0.111. The SMILES string of the molecule is CC[C]1CC1C(O)O. The van der Waals surface area contributed by atoms with E-state index in [9.17, 15) is 0 Å². The Bertz CT molecular complexity index is 80.6. The smallest absolute Gasteiger partial charge is 0.154 e. The van der Waals surface area contributed by atoms with Crippen molar-refractivity contribution in [3.63, 3.8) is 0 Å². The van der Waals surface area contributed by atoms with Crippen molar-refractivity contribution in [3.05, 3.63) is 5.92 Å². The molecule has 1 aliphatic carbocycles. The van der Waals surface area contributed by atoms with Crippen molar-refractivity contribution < 1.29 is 10.2 Å². The van der Waals surface area contributed by atoms with Crippen molar-refractivity contribution in [1.82, 2.24) is 0 Å². The summed E-state index contributed by atoms with van der Waals surface area (Å²) in [6.45, 7) is 2.04. The Hall–Kier alpha value is -0.0800. The molecule has 1 atom stereocenters. The lowest BCUT2D eigenvalue weighted by molar-refractivity contribution is -0.0549. The predicted molar refractivity (Wildman–Crippen MR) is 29.9 cm³/mol. The summed E-state index contributed by atoms with van der Waals surface area (Å²) < 4.78 is 0. The second-order valence-corrected chi connectivity index (χ2v) is 2.24. The average molecular weight is 115 g/mol. The first-order valence-electron chi connectivity index (χ1n) is 2.96. The molecule has 47 valence electrons. The van der Waals surface area contributed by atoms with Gasteiger partial charge in [-0.15, -0.1) is 0 Å². The highest BCUT2D eigenvalue weighted by Crippen LogP contribution is 2.44. The van der Waals surface area contributed by atoms with Gasteiger partial charge in [-0.3, -0.25) is 0 Å². The van der Waals surface area contributed by atoms with Crippen molar-refractivity contribution in [1.29, 1.82) is 0 Å². The van der Waals surface area contributed by atoms with Crippen LogP contribution in [0.25, 0.3) is 0 Å². The Morgan fingerprint density at radius 2 is 2.38 bits per heavy atom. The molecule has 8 heavy (non-hydrogen) atoms. The van der Waals surface area contributed by atoms with Gasteiger partial charge in [0.15, 0.2) is 6.29 Å². The second kappa shape index (κ2) is 2.03. The molecule has 2 heteroatoms. The van der Waals surface area contributed by atoms with Crippen LogP contribution in [-0.4, -0.2) is 16.5 Å². The zero-order chi connectivity index (χ0) is 6.15. The molecule has 0 bridgehead atoms. The van der Waals surface area contributed by atoms with Crippen LogP contribution in [0.2, 0.25) is 0 Å². The molecule has 1 unspecified atom stereocenters. The first-order chi connectivity index (χ1) is 3.75. The minimum atomic E-state index is -1.09. The van der Waals surface area contributed by atoms with Crippen LogP contribution in [0.5, 0.6) is 0 Å². The molecule has 0 aromatic heterocycles. The number of rotatable bonds is 2. The van der Waals surface area contributed by atoms with E-state index in [1.54, 1.807) is 0 Å². The molecule has 0 aromatic carbocycles. The van der Waals surface area contributed by atoms with Crippen molar-refractivity contribution in [2.24, 2.45) is 5.92 Å². The highest BCUT2D eigenvalue weighted by molar-refractivity contribution is 5.13. The summed E-state index contributed by atoms with van der Waals surface area (Å²) in [6, 6.07) is 0. The number of hydrogen-bond acceptors (Lipinski definition) is 2. The Labute approximate surface area is 49.1 Å². The van der Waals surface area contributed by atoms with E-state index < -0.39 is 6.29 Å².